The van der Waals surface area contributed by atoms with Crippen LogP contribution < -0.4 is 21.3 Å². The molecule has 14 N–H and O–H groups in total. The summed E-state index contributed by atoms with van der Waals surface area (Å²) in [5, 5.41) is 28.0. The predicted octanol–water partition coefficient (Wildman–Crippen LogP) is 1.30. The van der Waals surface area contributed by atoms with Crippen LogP contribution in [0.1, 0.15) is 64.2 Å². The Morgan fingerprint density at radius 1 is 0.500 bits per heavy atom. The second kappa shape index (κ2) is 38.7. The van der Waals surface area contributed by atoms with E-state index in [4.69, 9.17) is 0 Å². The predicted molar refractivity (Wildman–Crippen MR) is 182 cm³/mol. The molecule has 4 heterocycles. The molecule has 0 spiro atoms. The van der Waals surface area contributed by atoms with Crippen LogP contribution >= 0.6 is 0 Å². The smallest absolute Gasteiger partial charge is 0.693 e. The molecular formula is C32H72Cu3N10O+4. The van der Waals surface area contributed by atoms with E-state index in [2.05, 4.69) is 54.7 Å². The minimum Gasteiger partial charge on any atom is -0.693 e. The van der Waals surface area contributed by atoms with Gasteiger partial charge < -0.3 is 60.3 Å². The van der Waals surface area contributed by atoms with Crippen LogP contribution in [0.5, 0.6) is 0 Å². The maximum absolute atomic E-state index is 4.51. The molecule has 0 aliphatic carbocycles. The van der Waals surface area contributed by atoms with E-state index in [1.165, 1.54) is 117 Å². The van der Waals surface area contributed by atoms with Crippen LogP contribution in [0.3, 0.4) is 0 Å². The third kappa shape index (κ3) is 28.7. The molecular weight excluding hydrogens is 731 g/mol. The monoisotopic (exact) mass is 801 g/mol. The number of quaternary nitrogens is 4. The fourth-order valence-corrected chi connectivity index (χ4v) is 6.48. The Bertz CT molecular complexity index is 589. The summed E-state index contributed by atoms with van der Waals surface area (Å²) in [5.74, 6) is 3.28. The van der Waals surface area contributed by atoms with Gasteiger partial charge in [-0.05, 0) is 37.0 Å². The molecule has 0 saturated carbocycles. The molecule has 3 fully saturated rings. The Hall–Kier alpha value is 0.858. The van der Waals surface area contributed by atoms with Crippen molar-refractivity contribution in [1.82, 2.24) is 0 Å². The van der Waals surface area contributed by atoms with E-state index < -0.39 is 0 Å². The van der Waals surface area contributed by atoms with Crippen molar-refractivity contribution in [3.05, 3.63) is 45.7 Å². The zero-order valence-corrected chi connectivity index (χ0v) is 31.3. The Morgan fingerprint density at radius 3 is 1.17 bits per heavy atom. The molecule has 0 aromatic carbocycles. The zero-order chi connectivity index (χ0) is 27.8. The van der Waals surface area contributed by atoms with Gasteiger partial charge in [0.2, 0.25) is 0 Å². The van der Waals surface area contributed by atoms with E-state index in [9.17, 15) is 0 Å². The van der Waals surface area contributed by atoms with Gasteiger partial charge in [0.05, 0.1) is 52.4 Å². The minimum atomic E-state index is 0. The summed E-state index contributed by atoms with van der Waals surface area (Å²) in [6.45, 7) is 19.0. The number of nitrogens with two attached hydrogens (primary N) is 6. The maximum atomic E-state index is 4.51. The first-order valence-electron chi connectivity index (χ1n) is 17.4. The number of nitrogens with zero attached hydrogens (tertiary/aromatic N) is 4. The Labute approximate surface area is 314 Å². The maximum Gasteiger partial charge on any atom is 2.00 e. The zero-order valence-electron chi connectivity index (χ0n) is 28.5. The number of hydrogen-bond acceptors (Lipinski definition) is 0. The van der Waals surface area contributed by atoms with E-state index in [0.717, 1.165) is 70.1 Å². The topological polar surface area (TPSA) is 221 Å². The van der Waals surface area contributed by atoms with Crippen LogP contribution in [0.15, 0.2) is 12.2 Å². The van der Waals surface area contributed by atoms with Crippen molar-refractivity contribution in [2.75, 3.05) is 105 Å². The molecule has 11 nitrogen and oxygen atoms in total. The van der Waals surface area contributed by atoms with Crippen LogP contribution in [0.25, 0.3) is 33.6 Å². The molecule has 4 atom stereocenters. The number of unbranched alkanes of at least 4 members (excludes halogenated alkanes) is 2. The van der Waals surface area contributed by atoms with E-state index >= 15 is 0 Å². The molecule has 285 valence electrons. The van der Waals surface area contributed by atoms with Gasteiger partial charge in [-0.25, -0.2) is 0 Å². The van der Waals surface area contributed by atoms with Gasteiger partial charge in [-0.3, -0.25) is 0 Å². The third-order valence-electron chi connectivity index (χ3n) is 9.06. The van der Waals surface area contributed by atoms with Gasteiger partial charge in [0.25, 0.3) is 0 Å². The first-order chi connectivity index (χ1) is 19.9. The van der Waals surface area contributed by atoms with Crippen LogP contribution in [0.2, 0.25) is 0 Å². The summed E-state index contributed by atoms with van der Waals surface area (Å²) >= 11 is 0. The fourth-order valence-electron chi connectivity index (χ4n) is 6.48. The molecule has 3 radical (unpaired) electrons. The molecule has 0 aromatic rings. The molecule has 0 amide bonds. The molecule has 4 rings (SSSR count). The number of hydrogen-bond donors (Lipinski definition) is 4. The van der Waals surface area contributed by atoms with E-state index in [1.54, 1.807) is 0 Å². The van der Waals surface area contributed by atoms with E-state index in [-0.39, 0.29) is 69.0 Å². The second-order valence-corrected chi connectivity index (χ2v) is 12.9. The van der Waals surface area contributed by atoms with Gasteiger partial charge >= 0.3 is 51.2 Å². The average Bonchev–Trinajstić information content (AvgIpc) is 3.02. The minimum absolute atomic E-state index is 0. The summed E-state index contributed by atoms with van der Waals surface area (Å²) in [6, 6.07) is 0. The molecule has 3 saturated heterocycles. The van der Waals surface area contributed by atoms with Crippen molar-refractivity contribution in [3.8, 4) is 0 Å². The molecule has 0 bridgehead atoms. The molecule has 0 aromatic heterocycles. The molecule has 46 heavy (non-hydrogen) atoms. The molecule has 4 unspecified atom stereocenters. The Morgan fingerprint density at radius 2 is 0.870 bits per heavy atom. The van der Waals surface area contributed by atoms with Gasteiger partial charge in [-0.1, -0.05) is 25.3 Å². The van der Waals surface area contributed by atoms with Gasteiger partial charge in [-0.2, -0.15) is 0 Å². The summed E-state index contributed by atoms with van der Waals surface area (Å²) in [5.41, 5.74) is 0. The van der Waals surface area contributed by atoms with Crippen molar-refractivity contribution in [3.63, 3.8) is 0 Å². The summed E-state index contributed by atoms with van der Waals surface area (Å²) in [6.07, 6.45) is 18.1. The molecule has 14 heteroatoms. The second-order valence-electron chi connectivity index (χ2n) is 12.9. The summed E-state index contributed by atoms with van der Waals surface area (Å²) in [4.78, 5) is 0. The normalized spacial score (nSPS) is 23.7. The van der Waals surface area contributed by atoms with Gasteiger partial charge in [0.15, 0.2) is 0 Å². The van der Waals surface area contributed by atoms with Crippen LogP contribution in [-0.4, -0.2) is 110 Å². The van der Waals surface area contributed by atoms with Crippen molar-refractivity contribution >= 4 is 0 Å². The van der Waals surface area contributed by atoms with Crippen molar-refractivity contribution < 1.29 is 77.9 Å². The number of piperidine rings is 3. The summed E-state index contributed by atoms with van der Waals surface area (Å²) in [7, 11) is 0. The standard InChI is InChI=1S/C16H32N4.C16H30N4.3Cu.2H2N.H2O/c2*1(7-17-11-15-5-3-9-19-13-15)2-8-18-12-16-6-4-10-20-14-16;;;;;;/h15-18H,1-14H2;3,5,15-18H,1-2,4,6-14H2;;;;3*1H2/q2*-2;3*+2;2*-1;/p+4. The van der Waals surface area contributed by atoms with Crippen molar-refractivity contribution in [2.45, 2.75) is 64.2 Å². The first kappa shape index (κ1) is 53.6. The average molecular weight is 804 g/mol. The van der Waals surface area contributed by atoms with Gasteiger partial charge in [0, 0.05) is 31.6 Å². The van der Waals surface area contributed by atoms with Crippen LogP contribution in [-0.2, 0) is 51.2 Å². The van der Waals surface area contributed by atoms with Crippen molar-refractivity contribution in [1.29, 1.82) is 0 Å². The summed E-state index contributed by atoms with van der Waals surface area (Å²) < 4.78 is 0. The van der Waals surface area contributed by atoms with E-state index in [0.29, 0.717) is 5.92 Å². The Kier molecular flexibility index (Phi) is 45.1. The fraction of sp³-hybridized carbons (Fsp3) is 0.938. The SMILES string of the molecule is C(CC[NH2+]CC1CCC[N-]C1)C[NH2+]CC1CCC[N-]C1.C1=CC(C[NH2+]CCCC[NH2+]CC2CCC[N-]C2)C[N-]C1.O.[Cu+2].[Cu+2].[Cu+2].[NH2-].[NH2-]. The third-order valence-corrected chi connectivity index (χ3v) is 9.06. The number of rotatable bonds is 18. The quantitative estimate of drug-likeness (QED) is 0.0875. The Balaban J connectivity index is -0.000000339. The first-order valence-corrected chi connectivity index (χ1v) is 17.4. The van der Waals surface area contributed by atoms with Crippen LogP contribution in [0, 0.1) is 23.7 Å². The van der Waals surface area contributed by atoms with Crippen molar-refractivity contribution in [2.24, 2.45) is 23.7 Å². The molecule has 4 aliphatic rings. The van der Waals surface area contributed by atoms with Gasteiger partial charge in [-0.15, -0.1) is 58.4 Å². The van der Waals surface area contributed by atoms with Crippen LogP contribution in [0.4, 0.5) is 0 Å². The largest absolute Gasteiger partial charge is 2.00 e. The van der Waals surface area contributed by atoms with Gasteiger partial charge in [0.1, 0.15) is 0 Å². The van der Waals surface area contributed by atoms with E-state index in [1.807, 2.05) is 0 Å². The molecule has 4 aliphatic heterocycles.